The maximum Gasteiger partial charge on any atom is 0.124 e. The van der Waals surface area contributed by atoms with E-state index in [1.165, 1.54) is 0 Å². The molecule has 1 aromatic heterocycles. The minimum atomic E-state index is -0.283. The van der Waals surface area contributed by atoms with Crippen molar-refractivity contribution in [2.45, 2.75) is 26.2 Å². The van der Waals surface area contributed by atoms with Gasteiger partial charge in [0.25, 0.3) is 0 Å². The van der Waals surface area contributed by atoms with E-state index < -0.39 is 0 Å². The first kappa shape index (κ1) is 7.87. The van der Waals surface area contributed by atoms with Gasteiger partial charge in [-0.05, 0) is 20.8 Å². The van der Waals surface area contributed by atoms with E-state index in [4.69, 9.17) is 6.42 Å². The summed E-state index contributed by atoms with van der Waals surface area (Å²) in [4.78, 5) is 7.30. The SMILES string of the molecule is C#CC(C)(C)c1nc(C)c[nH]1. The highest BCUT2D eigenvalue weighted by molar-refractivity contribution is 5.21. The minimum Gasteiger partial charge on any atom is -0.347 e. The zero-order valence-electron chi connectivity index (χ0n) is 7.10. The van der Waals surface area contributed by atoms with Gasteiger partial charge in [-0.25, -0.2) is 4.98 Å². The molecule has 0 bridgehead atoms. The zero-order chi connectivity index (χ0) is 8.48. The average molecular weight is 148 g/mol. The maximum absolute atomic E-state index is 5.34. The lowest BCUT2D eigenvalue weighted by Crippen LogP contribution is -2.15. The number of hydrogen-bond acceptors (Lipinski definition) is 1. The second kappa shape index (κ2) is 2.43. The molecule has 0 unspecified atom stereocenters. The quantitative estimate of drug-likeness (QED) is 0.602. The second-order valence-corrected chi connectivity index (χ2v) is 3.16. The first-order chi connectivity index (χ1) is 5.06. The molecular formula is C9H12N2. The largest absolute Gasteiger partial charge is 0.347 e. The van der Waals surface area contributed by atoms with Crippen LogP contribution < -0.4 is 0 Å². The van der Waals surface area contributed by atoms with Crippen molar-refractivity contribution in [1.29, 1.82) is 0 Å². The van der Waals surface area contributed by atoms with Crippen molar-refractivity contribution < 1.29 is 0 Å². The number of H-pyrrole nitrogens is 1. The molecule has 0 aromatic carbocycles. The third-order valence-corrected chi connectivity index (χ3v) is 1.66. The van der Waals surface area contributed by atoms with Crippen molar-refractivity contribution in [3.8, 4) is 12.3 Å². The van der Waals surface area contributed by atoms with Crippen LogP contribution in [-0.4, -0.2) is 9.97 Å². The molecule has 0 aliphatic rings. The van der Waals surface area contributed by atoms with E-state index in [-0.39, 0.29) is 5.41 Å². The molecule has 0 fully saturated rings. The fourth-order valence-corrected chi connectivity index (χ4v) is 0.802. The molecule has 1 N–H and O–H groups in total. The molecule has 0 aliphatic carbocycles. The number of nitrogens with one attached hydrogen (secondary N) is 1. The number of rotatable bonds is 1. The number of aromatic amines is 1. The zero-order valence-corrected chi connectivity index (χ0v) is 7.10. The molecule has 11 heavy (non-hydrogen) atoms. The summed E-state index contributed by atoms with van der Waals surface area (Å²) in [5.74, 6) is 3.54. The van der Waals surface area contributed by atoms with Crippen LogP contribution in [0.3, 0.4) is 0 Å². The summed E-state index contributed by atoms with van der Waals surface area (Å²) in [5.41, 5.74) is 0.692. The molecular weight excluding hydrogens is 136 g/mol. The highest BCUT2D eigenvalue weighted by Crippen LogP contribution is 2.17. The van der Waals surface area contributed by atoms with Gasteiger partial charge in [-0.2, -0.15) is 0 Å². The average Bonchev–Trinajstić information content (AvgIpc) is 2.36. The van der Waals surface area contributed by atoms with Crippen molar-refractivity contribution in [3.05, 3.63) is 17.7 Å². The van der Waals surface area contributed by atoms with Gasteiger partial charge in [0.2, 0.25) is 0 Å². The highest BCUT2D eigenvalue weighted by Gasteiger charge is 2.19. The fraction of sp³-hybridized carbons (Fsp3) is 0.444. The summed E-state index contributed by atoms with van der Waals surface area (Å²) >= 11 is 0. The molecule has 0 spiro atoms. The number of terminal acetylenes is 1. The van der Waals surface area contributed by atoms with Crippen LogP contribution in [0.4, 0.5) is 0 Å². The molecule has 0 saturated carbocycles. The van der Waals surface area contributed by atoms with Gasteiger partial charge in [-0.15, -0.1) is 6.42 Å². The first-order valence-corrected chi connectivity index (χ1v) is 3.56. The summed E-state index contributed by atoms with van der Waals surface area (Å²) in [5, 5.41) is 0. The van der Waals surface area contributed by atoms with Gasteiger partial charge >= 0.3 is 0 Å². The van der Waals surface area contributed by atoms with Gasteiger partial charge in [0.1, 0.15) is 5.82 Å². The number of nitrogens with zero attached hydrogens (tertiary/aromatic N) is 1. The van der Waals surface area contributed by atoms with Crippen molar-refractivity contribution in [2.24, 2.45) is 0 Å². The Hall–Kier alpha value is -1.23. The maximum atomic E-state index is 5.34. The summed E-state index contributed by atoms with van der Waals surface area (Å²) in [6, 6.07) is 0. The van der Waals surface area contributed by atoms with E-state index in [1.54, 1.807) is 0 Å². The fourth-order valence-electron chi connectivity index (χ4n) is 0.802. The standard InChI is InChI=1S/C9H12N2/c1-5-9(3,4)8-10-6-7(2)11-8/h1,6H,2-4H3,(H,10,11). The van der Waals surface area contributed by atoms with Gasteiger partial charge < -0.3 is 4.98 Å². The van der Waals surface area contributed by atoms with Gasteiger partial charge in [-0.3, -0.25) is 0 Å². The first-order valence-electron chi connectivity index (χ1n) is 3.56. The van der Waals surface area contributed by atoms with Crippen LogP contribution in [0.5, 0.6) is 0 Å². The van der Waals surface area contributed by atoms with Crippen molar-refractivity contribution >= 4 is 0 Å². The van der Waals surface area contributed by atoms with Crippen LogP contribution in [0.15, 0.2) is 6.20 Å². The monoisotopic (exact) mass is 148 g/mol. The highest BCUT2D eigenvalue weighted by atomic mass is 14.9. The summed E-state index contributed by atoms with van der Waals surface area (Å²) in [6.45, 7) is 5.86. The summed E-state index contributed by atoms with van der Waals surface area (Å²) in [6.07, 6.45) is 7.19. The molecule has 1 rings (SSSR count). The number of imidazole rings is 1. The van der Waals surface area contributed by atoms with E-state index >= 15 is 0 Å². The molecule has 2 nitrogen and oxygen atoms in total. The number of hydrogen-bond donors (Lipinski definition) is 1. The predicted octanol–water partition coefficient (Wildman–Crippen LogP) is 1.63. The number of aryl methyl sites for hydroxylation is 1. The second-order valence-electron chi connectivity index (χ2n) is 3.16. The Labute approximate surface area is 67.0 Å². The van der Waals surface area contributed by atoms with Crippen LogP contribution in [0.2, 0.25) is 0 Å². The third-order valence-electron chi connectivity index (χ3n) is 1.66. The van der Waals surface area contributed by atoms with E-state index in [0.717, 1.165) is 11.5 Å². The Balaban J connectivity index is 3.04. The number of aromatic nitrogens is 2. The molecule has 0 amide bonds. The van der Waals surface area contributed by atoms with Crippen LogP contribution in [0.25, 0.3) is 0 Å². The van der Waals surface area contributed by atoms with E-state index in [1.807, 2.05) is 27.0 Å². The van der Waals surface area contributed by atoms with Crippen LogP contribution in [0.1, 0.15) is 25.4 Å². The van der Waals surface area contributed by atoms with Gasteiger partial charge in [-0.1, -0.05) is 5.92 Å². The molecule has 1 heterocycles. The van der Waals surface area contributed by atoms with Crippen molar-refractivity contribution in [3.63, 3.8) is 0 Å². The third kappa shape index (κ3) is 1.43. The van der Waals surface area contributed by atoms with E-state index in [2.05, 4.69) is 15.9 Å². The topological polar surface area (TPSA) is 28.7 Å². The molecule has 0 aliphatic heterocycles. The predicted molar refractivity (Wildman–Crippen MR) is 45.2 cm³/mol. The Morgan fingerprint density at radius 3 is 2.64 bits per heavy atom. The minimum absolute atomic E-state index is 0.283. The molecule has 0 radical (unpaired) electrons. The van der Waals surface area contributed by atoms with Crippen LogP contribution >= 0.6 is 0 Å². The smallest absolute Gasteiger partial charge is 0.124 e. The summed E-state index contributed by atoms with van der Waals surface area (Å²) in [7, 11) is 0. The van der Waals surface area contributed by atoms with Crippen molar-refractivity contribution in [1.82, 2.24) is 9.97 Å². The Bertz CT molecular complexity index is 289. The lowest BCUT2D eigenvalue weighted by Gasteiger charge is -2.12. The molecule has 0 atom stereocenters. The lowest BCUT2D eigenvalue weighted by molar-refractivity contribution is 0.648. The Morgan fingerprint density at radius 1 is 1.64 bits per heavy atom. The Kier molecular flexibility index (Phi) is 1.74. The van der Waals surface area contributed by atoms with E-state index in [0.29, 0.717) is 0 Å². The Morgan fingerprint density at radius 2 is 2.27 bits per heavy atom. The lowest BCUT2D eigenvalue weighted by atomic mass is 9.94. The molecule has 2 heteroatoms. The van der Waals surface area contributed by atoms with Crippen LogP contribution in [0, 0.1) is 19.3 Å². The van der Waals surface area contributed by atoms with Gasteiger partial charge in [0.15, 0.2) is 0 Å². The van der Waals surface area contributed by atoms with Crippen molar-refractivity contribution in [2.75, 3.05) is 0 Å². The molecule has 0 saturated heterocycles. The summed E-state index contributed by atoms with van der Waals surface area (Å²) < 4.78 is 0. The van der Waals surface area contributed by atoms with Gasteiger partial charge in [0, 0.05) is 6.20 Å². The van der Waals surface area contributed by atoms with Crippen LogP contribution in [-0.2, 0) is 5.41 Å². The molecule has 1 aromatic rings. The molecule has 58 valence electrons. The van der Waals surface area contributed by atoms with E-state index in [9.17, 15) is 0 Å². The normalized spacial score (nSPS) is 11.1. The van der Waals surface area contributed by atoms with Gasteiger partial charge in [0.05, 0.1) is 11.1 Å².